The van der Waals surface area contributed by atoms with Crippen molar-refractivity contribution in [1.82, 2.24) is 15.2 Å². The molecule has 1 aromatic heterocycles. The molecular formula is C21H21N3O2. The first-order valence-electron chi connectivity index (χ1n) is 8.95. The molecule has 0 aliphatic carbocycles. The van der Waals surface area contributed by atoms with Gasteiger partial charge in [-0.05, 0) is 36.6 Å². The van der Waals surface area contributed by atoms with Gasteiger partial charge in [-0.1, -0.05) is 30.3 Å². The zero-order chi connectivity index (χ0) is 17.9. The van der Waals surface area contributed by atoms with Crippen molar-refractivity contribution in [2.45, 2.75) is 19.4 Å². The van der Waals surface area contributed by atoms with Crippen LogP contribution in [0.1, 0.15) is 39.1 Å². The average Bonchev–Trinajstić information content (AvgIpc) is 3.36. The highest BCUT2D eigenvalue weighted by atomic mass is 16.2. The molecule has 1 saturated heterocycles. The maximum absolute atomic E-state index is 12.5. The van der Waals surface area contributed by atoms with Gasteiger partial charge in [0, 0.05) is 42.3 Å². The van der Waals surface area contributed by atoms with Crippen molar-refractivity contribution >= 4 is 22.7 Å². The smallest absolute Gasteiger partial charge is 0.253 e. The topological polar surface area (TPSA) is 65.2 Å². The van der Waals surface area contributed by atoms with E-state index in [1.807, 2.05) is 53.4 Å². The highest BCUT2D eigenvalue weighted by Crippen LogP contribution is 2.18. The van der Waals surface area contributed by atoms with Gasteiger partial charge < -0.3 is 15.2 Å². The van der Waals surface area contributed by atoms with E-state index in [0.29, 0.717) is 17.7 Å². The van der Waals surface area contributed by atoms with Gasteiger partial charge in [-0.25, -0.2) is 0 Å². The van der Waals surface area contributed by atoms with Crippen molar-refractivity contribution in [1.29, 1.82) is 0 Å². The Morgan fingerprint density at radius 3 is 2.50 bits per heavy atom. The second-order valence-corrected chi connectivity index (χ2v) is 6.63. The standard InChI is InChI=1S/C21H21N3O2/c25-20(18-14-22-19-6-2-1-5-17(18)19)23-13-15-7-9-16(10-8-15)21(26)24-11-3-4-12-24/h1-2,5-10,14,22H,3-4,11-13H2,(H,23,25). The predicted octanol–water partition coefficient (Wildman–Crippen LogP) is 3.33. The highest BCUT2D eigenvalue weighted by Gasteiger charge is 2.19. The molecule has 1 aliphatic heterocycles. The molecular weight excluding hydrogens is 326 g/mol. The summed E-state index contributed by atoms with van der Waals surface area (Å²) in [7, 11) is 0. The molecule has 1 aliphatic rings. The van der Waals surface area contributed by atoms with E-state index >= 15 is 0 Å². The number of nitrogens with one attached hydrogen (secondary N) is 2. The Bertz CT molecular complexity index is 937. The molecule has 0 bridgehead atoms. The Balaban J connectivity index is 1.40. The van der Waals surface area contributed by atoms with E-state index in [1.165, 1.54) is 0 Å². The Labute approximate surface area is 152 Å². The SMILES string of the molecule is O=C(NCc1ccc(C(=O)N2CCCC2)cc1)c1c[nH]c2ccccc12. The van der Waals surface area contributed by atoms with E-state index < -0.39 is 0 Å². The largest absolute Gasteiger partial charge is 0.360 e. The van der Waals surface area contributed by atoms with Crippen molar-refractivity contribution in [3.63, 3.8) is 0 Å². The first-order valence-corrected chi connectivity index (χ1v) is 8.95. The number of carbonyl (C=O) groups is 2. The molecule has 2 aromatic carbocycles. The van der Waals surface area contributed by atoms with Gasteiger partial charge in [-0.3, -0.25) is 9.59 Å². The Hall–Kier alpha value is -3.08. The Kier molecular flexibility index (Phi) is 4.44. The van der Waals surface area contributed by atoms with Crippen molar-refractivity contribution < 1.29 is 9.59 Å². The van der Waals surface area contributed by atoms with Crippen LogP contribution in [0, 0.1) is 0 Å². The van der Waals surface area contributed by atoms with Crippen molar-refractivity contribution in [2.24, 2.45) is 0 Å². The van der Waals surface area contributed by atoms with Gasteiger partial charge in [0.25, 0.3) is 11.8 Å². The minimum absolute atomic E-state index is 0.0943. The van der Waals surface area contributed by atoms with E-state index in [2.05, 4.69) is 10.3 Å². The fourth-order valence-electron chi connectivity index (χ4n) is 3.40. The number of likely N-dealkylation sites (tertiary alicyclic amines) is 1. The molecule has 3 aromatic rings. The van der Waals surface area contributed by atoms with Crippen LogP contribution in [0.5, 0.6) is 0 Å². The first-order chi connectivity index (χ1) is 12.7. The summed E-state index contributed by atoms with van der Waals surface area (Å²) in [5, 5.41) is 3.86. The minimum Gasteiger partial charge on any atom is -0.360 e. The van der Waals surface area contributed by atoms with Gasteiger partial charge in [0.15, 0.2) is 0 Å². The molecule has 0 atom stereocenters. The number of aromatic amines is 1. The van der Waals surface area contributed by atoms with Crippen LogP contribution in [-0.4, -0.2) is 34.8 Å². The number of amides is 2. The number of aromatic nitrogens is 1. The molecule has 2 amide bonds. The number of benzene rings is 2. The van der Waals surface area contributed by atoms with Crippen LogP contribution in [0.4, 0.5) is 0 Å². The molecule has 5 heteroatoms. The molecule has 0 saturated carbocycles. The second-order valence-electron chi connectivity index (χ2n) is 6.63. The summed E-state index contributed by atoms with van der Waals surface area (Å²) in [5.41, 5.74) is 3.26. The van der Waals surface area contributed by atoms with E-state index in [4.69, 9.17) is 0 Å². The zero-order valence-electron chi connectivity index (χ0n) is 14.5. The third-order valence-corrected chi connectivity index (χ3v) is 4.88. The quantitative estimate of drug-likeness (QED) is 0.760. The van der Waals surface area contributed by atoms with Gasteiger partial charge in [-0.15, -0.1) is 0 Å². The van der Waals surface area contributed by atoms with E-state index in [-0.39, 0.29) is 11.8 Å². The summed E-state index contributed by atoms with van der Waals surface area (Å²) in [4.78, 5) is 29.8. The number of H-pyrrole nitrogens is 1. The van der Waals surface area contributed by atoms with Crippen LogP contribution in [0.15, 0.2) is 54.7 Å². The van der Waals surface area contributed by atoms with Crippen LogP contribution in [0.2, 0.25) is 0 Å². The summed E-state index contributed by atoms with van der Waals surface area (Å²) in [6, 6.07) is 15.2. The number of rotatable bonds is 4. The van der Waals surface area contributed by atoms with E-state index in [9.17, 15) is 9.59 Å². The number of hydrogen-bond donors (Lipinski definition) is 2. The summed E-state index contributed by atoms with van der Waals surface area (Å²) in [6.45, 7) is 2.12. The average molecular weight is 347 g/mol. The highest BCUT2D eigenvalue weighted by molar-refractivity contribution is 6.06. The van der Waals surface area contributed by atoms with Crippen LogP contribution < -0.4 is 5.32 Å². The van der Waals surface area contributed by atoms with Crippen LogP contribution in [0.3, 0.4) is 0 Å². The number of carbonyl (C=O) groups excluding carboxylic acids is 2. The second kappa shape index (κ2) is 7.04. The van der Waals surface area contributed by atoms with Crippen LogP contribution >= 0.6 is 0 Å². The molecule has 0 spiro atoms. The molecule has 1 fully saturated rings. The number of fused-ring (bicyclic) bond motifs is 1. The lowest BCUT2D eigenvalue weighted by Gasteiger charge is -2.15. The molecule has 132 valence electrons. The lowest BCUT2D eigenvalue weighted by molar-refractivity contribution is 0.0792. The van der Waals surface area contributed by atoms with Gasteiger partial charge in [0.2, 0.25) is 0 Å². The third kappa shape index (κ3) is 3.20. The maximum Gasteiger partial charge on any atom is 0.253 e. The van der Waals surface area contributed by atoms with Crippen LogP contribution in [-0.2, 0) is 6.54 Å². The Morgan fingerprint density at radius 1 is 1.00 bits per heavy atom. The lowest BCUT2D eigenvalue weighted by atomic mass is 10.1. The van der Waals surface area contributed by atoms with Crippen LogP contribution in [0.25, 0.3) is 10.9 Å². The summed E-state index contributed by atoms with van der Waals surface area (Å²) in [6.07, 6.45) is 3.91. The monoisotopic (exact) mass is 347 g/mol. The molecule has 5 nitrogen and oxygen atoms in total. The third-order valence-electron chi connectivity index (χ3n) is 4.88. The fraction of sp³-hybridized carbons (Fsp3) is 0.238. The van der Waals surface area contributed by atoms with E-state index in [0.717, 1.165) is 42.4 Å². The van der Waals surface area contributed by atoms with Crippen molar-refractivity contribution in [3.8, 4) is 0 Å². The molecule has 26 heavy (non-hydrogen) atoms. The summed E-state index contributed by atoms with van der Waals surface area (Å²) in [5.74, 6) is -0.0171. The van der Waals surface area contributed by atoms with Gasteiger partial charge in [0.05, 0.1) is 5.56 Å². The predicted molar refractivity (Wildman–Crippen MR) is 101 cm³/mol. The zero-order valence-corrected chi connectivity index (χ0v) is 14.5. The first kappa shape index (κ1) is 16.4. The molecule has 4 rings (SSSR count). The number of para-hydroxylation sites is 1. The van der Waals surface area contributed by atoms with Gasteiger partial charge >= 0.3 is 0 Å². The molecule has 2 N–H and O–H groups in total. The Morgan fingerprint density at radius 2 is 1.73 bits per heavy atom. The van der Waals surface area contributed by atoms with Gasteiger partial charge in [0.1, 0.15) is 0 Å². The van der Waals surface area contributed by atoms with E-state index in [1.54, 1.807) is 6.20 Å². The minimum atomic E-state index is -0.111. The van der Waals surface area contributed by atoms with Crippen molar-refractivity contribution in [3.05, 3.63) is 71.4 Å². The molecule has 0 radical (unpaired) electrons. The number of hydrogen-bond acceptors (Lipinski definition) is 2. The van der Waals surface area contributed by atoms with Crippen molar-refractivity contribution in [2.75, 3.05) is 13.1 Å². The summed E-state index contributed by atoms with van der Waals surface area (Å²) >= 11 is 0. The molecule has 2 heterocycles. The number of nitrogens with zero attached hydrogens (tertiary/aromatic N) is 1. The van der Waals surface area contributed by atoms with Gasteiger partial charge in [-0.2, -0.15) is 0 Å². The normalized spacial score (nSPS) is 13.9. The molecule has 0 unspecified atom stereocenters. The fourth-order valence-corrected chi connectivity index (χ4v) is 3.40. The summed E-state index contributed by atoms with van der Waals surface area (Å²) < 4.78 is 0. The maximum atomic E-state index is 12.5. The lowest BCUT2D eigenvalue weighted by Crippen LogP contribution is -2.27.